The van der Waals surface area contributed by atoms with E-state index in [0.29, 0.717) is 11.4 Å². The number of carbonyl (C=O) groups excluding carboxylic acids is 2. The molecule has 0 radical (unpaired) electrons. The van der Waals surface area contributed by atoms with Crippen LogP contribution < -0.4 is 15.8 Å². The maximum atomic E-state index is 12.8. The summed E-state index contributed by atoms with van der Waals surface area (Å²) in [5.41, 5.74) is 0.0629. The number of hydrogen-bond donors (Lipinski definition) is 1. The predicted molar refractivity (Wildman–Crippen MR) is 94.7 cm³/mol. The van der Waals surface area contributed by atoms with E-state index in [1.807, 2.05) is 0 Å². The van der Waals surface area contributed by atoms with Gasteiger partial charge in [-0.2, -0.15) is 5.10 Å². The van der Waals surface area contributed by atoms with Crippen molar-refractivity contribution in [1.82, 2.24) is 15.1 Å². The van der Waals surface area contributed by atoms with Gasteiger partial charge < -0.3 is 10.2 Å². The Hall–Kier alpha value is -1.83. The lowest BCUT2D eigenvalue weighted by Crippen LogP contribution is -2.45. The van der Waals surface area contributed by atoms with E-state index in [-0.39, 0.29) is 36.0 Å². The lowest BCUT2D eigenvalue weighted by molar-refractivity contribution is -0.122. The Kier molecular flexibility index (Phi) is 4.54. The zero-order valence-corrected chi connectivity index (χ0v) is 14.9. The lowest BCUT2D eigenvalue weighted by atomic mass is 9.95. The SMILES string of the molecule is O=C(Cn1ncc2c(c1=O)N(C1CC1)C(=O)CS2)NC1CCCCC1. The van der Waals surface area contributed by atoms with Gasteiger partial charge in [-0.1, -0.05) is 19.3 Å². The molecule has 3 aliphatic rings. The van der Waals surface area contributed by atoms with Gasteiger partial charge in [0.25, 0.3) is 5.56 Å². The first-order chi connectivity index (χ1) is 12.1. The van der Waals surface area contributed by atoms with Gasteiger partial charge in [-0.25, -0.2) is 4.68 Å². The summed E-state index contributed by atoms with van der Waals surface area (Å²) in [6, 6.07) is 0.335. The van der Waals surface area contributed by atoms with Gasteiger partial charge in [-0.15, -0.1) is 11.8 Å². The molecule has 8 heteroatoms. The van der Waals surface area contributed by atoms with E-state index >= 15 is 0 Å². The topological polar surface area (TPSA) is 84.3 Å². The maximum absolute atomic E-state index is 12.8. The smallest absolute Gasteiger partial charge is 0.292 e. The number of amides is 2. The predicted octanol–water partition coefficient (Wildman–Crippen LogP) is 1.29. The first-order valence-electron chi connectivity index (χ1n) is 8.98. The van der Waals surface area contributed by atoms with Crippen LogP contribution in [-0.4, -0.2) is 39.4 Å². The number of thioether (sulfide) groups is 1. The van der Waals surface area contributed by atoms with Gasteiger partial charge in [0.1, 0.15) is 12.2 Å². The molecule has 0 saturated heterocycles. The van der Waals surface area contributed by atoms with E-state index < -0.39 is 0 Å². The standard InChI is InChI=1S/C17H22N4O3S/c22-14(19-11-4-2-1-3-5-11)9-20-17(24)16-13(8-18-20)25-10-15(23)21(16)12-6-7-12/h8,11-12H,1-7,9-10H2,(H,19,22). The van der Waals surface area contributed by atoms with Crippen LogP contribution in [0.25, 0.3) is 0 Å². The molecule has 0 aromatic carbocycles. The van der Waals surface area contributed by atoms with Crippen molar-refractivity contribution in [3.8, 4) is 0 Å². The van der Waals surface area contributed by atoms with Crippen LogP contribution in [-0.2, 0) is 16.1 Å². The highest BCUT2D eigenvalue weighted by Gasteiger charge is 2.39. The van der Waals surface area contributed by atoms with Crippen molar-refractivity contribution >= 4 is 29.3 Å². The van der Waals surface area contributed by atoms with Gasteiger partial charge in [0.05, 0.1) is 16.8 Å². The summed E-state index contributed by atoms with van der Waals surface area (Å²) >= 11 is 1.35. The molecule has 2 aliphatic carbocycles. The number of anilines is 1. The van der Waals surface area contributed by atoms with Crippen LogP contribution >= 0.6 is 11.8 Å². The Morgan fingerprint density at radius 1 is 1.20 bits per heavy atom. The highest BCUT2D eigenvalue weighted by atomic mass is 32.2. The molecule has 1 aromatic heterocycles. The number of rotatable bonds is 4. The molecule has 7 nitrogen and oxygen atoms in total. The quantitative estimate of drug-likeness (QED) is 0.873. The molecule has 25 heavy (non-hydrogen) atoms. The zero-order chi connectivity index (χ0) is 17.4. The van der Waals surface area contributed by atoms with Crippen molar-refractivity contribution in [1.29, 1.82) is 0 Å². The third-order valence-electron chi connectivity index (χ3n) is 5.02. The summed E-state index contributed by atoms with van der Waals surface area (Å²) in [5.74, 6) is 0.132. The summed E-state index contributed by atoms with van der Waals surface area (Å²) < 4.78 is 1.19. The summed E-state index contributed by atoms with van der Waals surface area (Å²) in [6.45, 7) is -0.0972. The number of fused-ring (bicyclic) bond motifs is 1. The molecule has 1 N–H and O–H groups in total. The Morgan fingerprint density at radius 3 is 2.68 bits per heavy atom. The van der Waals surface area contributed by atoms with Gasteiger partial charge in [-0.05, 0) is 25.7 Å². The van der Waals surface area contributed by atoms with Crippen LogP contribution in [0.5, 0.6) is 0 Å². The molecule has 134 valence electrons. The second-order valence-corrected chi connectivity index (χ2v) is 8.02. The van der Waals surface area contributed by atoms with E-state index in [9.17, 15) is 14.4 Å². The maximum Gasteiger partial charge on any atom is 0.292 e. The monoisotopic (exact) mass is 362 g/mol. The number of nitrogens with zero attached hydrogens (tertiary/aromatic N) is 3. The molecular weight excluding hydrogens is 340 g/mol. The number of aromatic nitrogens is 2. The van der Waals surface area contributed by atoms with Crippen molar-refractivity contribution < 1.29 is 9.59 Å². The molecule has 0 spiro atoms. The minimum atomic E-state index is -0.344. The van der Waals surface area contributed by atoms with Crippen molar-refractivity contribution in [2.24, 2.45) is 0 Å². The molecular formula is C17H22N4O3S. The number of hydrogen-bond acceptors (Lipinski definition) is 5. The minimum Gasteiger partial charge on any atom is -0.352 e. The van der Waals surface area contributed by atoms with Crippen LogP contribution in [0.4, 0.5) is 5.69 Å². The van der Waals surface area contributed by atoms with E-state index in [0.717, 1.165) is 43.4 Å². The molecule has 0 atom stereocenters. The molecule has 4 rings (SSSR count). The normalized spacial score (nSPS) is 21.1. The minimum absolute atomic E-state index is 0.0264. The van der Waals surface area contributed by atoms with Crippen LogP contribution in [0.1, 0.15) is 44.9 Å². The van der Waals surface area contributed by atoms with Crippen LogP contribution in [0.3, 0.4) is 0 Å². The zero-order valence-electron chi connectivity index (χ0n) is 14.1. The molecule has 0 unspecified atom stereocenters. The largest absolute Gasteiger partial charge is 0.352 e. The van der Waals surface area contributed by atoms with Gasteiger partial charge in [0, 0.05) is 12.1 Å². The molecule has 2 amide bonds. The average Bonchev–Trinajstić information content (AvgIpc) is 3.43. The average molecular weight is 362 g/mol. The fraction of sp³-hybridized carbons (Fsp3) is 0.647. The number of nitrogens with one attached hydrogen (secondary N) is 1. The first kappa shape index (κ1) is 16.6. The third kappa shape index (κ3) is 3.44. The van der Waals surface area contributed by atoms with Crippen molar-refractivity contribution in [2.45, 2.75) is 68.5 Å². The van der Waals surface area contributed by atoms with Crippen molar-refractivity contribution in [2.75, 3.05) is 10.7 Å². The Labute approximate surface area is 150 Å². The Morgan fingerprint density at radius 2 is 1.96 bits per heavy atom. The lowest BCUT2D eigenvalue weighted by Gasteiger charge is -2.28. The highest BCUT2D eigenvalue weighted by molar-refractivity contribution is 8.00. The Bertz CT molecular complexity index is 753. The molecule has 1 aliphatic heterocycles. The summed E-state index contributed by atoms with van der Waals surface area (Å²) in [5, 5.41) is 7.15. The molecule has 0 bridgehead atoms. The summed E-state index contributed by atoms with van der Waals surface area (Å²) in [4.78, 5) is 39.8. The van der Waals surface area contributed by atoms with E-state index in [1.54, 1.807) is 11.1 Å². The van der Waals surface area contributed by atoms with Crippen molar-refractivity contribution in [3.63, 3.8) is 0 Å². The Balaban J connectivity index is 1.54. The van der Waals surface area contributed by atoms with Crippen LogP contribution in [0.15, 0.2) is 15.9 Å². The third-order valence-corrected chi connectivity index (χ3v) is 6.02. The van der Waals surface area contributed by atoms with E-state index in [2.05, 4.69) is 10.4 Å². The van der Waals surface area contributed by atoms with Gasteiger partial charge in [0.15, 0.2) is 0 Å². The van der Waals surface area contributed by atoms with E-state index in [4.69, 9.17) is 0 Å². The highest BCUT2D eigenvalue weighted by Crippen LogP contribution is 2.38. The molecule has 2 heterocycles. The fourth-order valence-corrected chi connectivity index (χ4v) is 4.47. The fourth-order valence-electron chi connectivity index (χ4n) is 3.61. The molecule has 1 aromatic rings. The summed E-state index contributed by atoms with van der Waals surface area (Å²) in [7, 11) is 0. The second kappa shape index (κ2) is 6.82. The van der Waals surface area contributed by atoms with Crippen LogP contribution in [0, 0.1) is 0 Å². The van der Waals surface area contributed by atoms with E-state index in [1.165, 1.54) is 22.9 Å². The van der Waals surface area contributed by atoms with Gasteiger partial charge in [-0.3, -0.25) is 14.4 Å². The van der Waals surface area contributed by atoms with Crippen molar-refractivity contribution in [3.05, 3.63) is 16.6 Å². The number of carbonyl (C=O) groups is 2. The van der Waals surface area contributed by atoms with Gasteiger partial charge >= 0.3 is 0 Å². The second-order valence-electron chi connectivity index (χ2n) is 7.01. The molecule has 2 fully saturated rings. The van der Waals surface area contributed by atoms with Gasteiger partial charge in [0.2, 0.25) is 11.8 Å². The first-order valence-corrected chi connectivity index (χ1v) is 9.96. The molecule has 2 saturated carbocycles. The van der Waals surface area contributed by atoms with Crippen LogP contribution in [0.2, 0.25) is 0 Å². The summed E-state index contributed by atoms with van der Waals surface area (Å²) in [6.07, 6.45) is 8.96.